The minimum Gasteiger partial charge on any atom is -0.481 e. The van der Waals surface area contributed by atoms with Gasteiger partial charge in [0, 0.05) is 0 Å². The molecule has 22 heavy (non-hydrogen) atoms. The average molecular weight is 337 g/mol. The lowest BCUT2D eigenvalue weighted by Crippen LogP contribution is -2.48. The number of fused-ring (bicyclic) bond motifs is 1. The van der Waals surface area contributed by atoms with Crippen LogP contribution in [0, 0.1) is 5.92 Å². The quantitative estimate of drug-likeness (QED) is 0.888. The van der Waals surface area contributed by atoms with Gasteiger partial charge in [-0.05, 0) is 25.0 Å². The maximum absolute atomic E-state index is 11.9. The number of carboxylic acid groups (broad SMARTS) is 2. The zero-order valence-corrected chi connectivity index (χ0v) is 13.3. The van der Waals surface area contributed by atoms with E-state index in [1.165, 1.54) is 11.3 Å². The maximum Gasteiger partial charge on any atom is 0.321 e. The van der Waals surface area contributed by atoms with Gasteiger partial charge in [0.2, 0.25) is 0 Å². The SMILES string of the molecule is O=C(O)C1CCCCC1(Sc1nc2ccccc2s1)C(=O)O. The van der Waals surface area contributed by atoms with Crippen LogP contribution in [0.25, 0.3) is 10.2 Å². The number of para-hydroxylation sites is 1. The first-order valence-corrected chi connectivity index (χ1v) is 8.67. The molecule has 2 atom stereocenters. The summed E-state index contributed by atoms with van der Waals surface area (Å²) in [5.74, 6) is -2.96. The van der Waals surface area contributed by atoms with E-state index in [0.29, 0.717) is 17.2 Å². The molecule has 1 aromatic carbocycles. The van der Waals surface area contributed by atoms with Crippen LogP contribution in [0.2, 0.25) is 0 Å². The fraction of sp³-hybridized carbons (Fsp3) is 0.400. The van der Waals surface area contributed by atoms with Crippen LogP contribution in [0.3, 0.4) is 0 Å². The lowest BCUT2D eigenvalue weighted by atomic mass is 9.78. The predicted molar refractivity (Wildman–Crippen MR) is 85.4 cm³/mol. The van der Waals surface area contributed by atoms with Crippen molar-refractivity contribution in [1.29, 1.82) is 0 Å². The Bertz CT molecular complexity index is 696. The van der Waals surface area contributed by atoms with Crippen molar-refractivity contribution >= 4 is 45.3 Å². The third-order valence-electron chi connectivity index (χ3n) is 4.06. The number of hydrogen-bond donors (Lipinski definition) is 2. The number of nitrogens with zero attached hydrogens (tertiary/aromatic N) is 1. The molecule has 7 heteroatoms. The highest BCUT2D eigenvalue weighted by molar-refractivity contribution is 8.03. The molecular formula is C15H15NO4S2. The molecule has 1 heterocycles. The molecular weight excluding hydrogens is 322 g/mol. The lowest BCUT2D eigenvalue weighted by Gasteiger charge is -2.37. The summed E-state index contributed by atoms with van der Waals surface area (Å²) in [5, 5.41) is 19.2. The molecule has 1 saturated carbocycles. The van der Waals surface area contributed by atoms with Crippen LogP contribution in [0.1, 0.15) is 25.7 Å². The van der Waals surface area contributed by atoms with E-state index in [2.05, 4.69) is 4.98 Å². The summed E-state index contributed by atoms with van der Waals surface area (Å²) in [4.78, 5) is 27.9. The number of rotatable bonds is 4. The van der Waals surface area contributed by atoms with E-state index in [9.17, 15) is 19.8 Å². The van der Waals surface area contributed by atoms with Crippen LogP contribution in [0.15, 0.2) is 28.6 Å². The average Bonchev–Trinajstić information content (AvgIpc) is 2.89. The Hall–Kier alpha value is -1.60. The highest BCUT2D eigenvalue weighted by atomic mass is 32.2. The summed E-state index contributed by atoms with van der Waals surface area (Å²) < 4.78 is 0.280. The number of thiazole rings is 1. The zero-order chi connectivity index (χ0) is 15.7. The van der Waals surface area contributed by atoms with Crippen molar-refractivity contribution in [3.8, 4) is 0 Å². The van der Waals surface area contributed by atoms with Crippen molar-refractivity contribution in [3.63, 3.8) is 0 Å². The summed E-state index contributed by atoms with van der Waals surface area (Å²) in [6.07, 6.45) is 2.25. The molecule has 0 saturated heterocycles. The molecule has 0 amide bonds. The lowest BCUT2D eigenvalue weighted by molar-refractivity contribution is -0.153. The van der Waals surface area contributed by atoms with Crippen LogP contribution < -0.4 is 0 Å². The standard InChI is InChI=1S/C15H15NO4S2/c17-12(18)9-5-3-4-8-15(9,13(19)20)22-14-16-10-6-1-2-7-11(10)21-14/h1-2,6-7,9H,3-5,8H2,(H,17,18)(H,19,20). The number of benzene rings is 1. The van der Waals surface area contributed by atoms with Gasteiger partial charge in [0.25, 0.3) is 0 Å². The van der Waals surface area contributed by atoms with Crippen LogP contribution in [-0.2, 0) is 9.59 Å². The van der Waals surface area contributed by atoms with Crippen LogP contribution in [-0.4, -0.2) is 31.9 Å². The van der Waals surface area contributed by atoms with Crippen molar-refractivity contribution in [2.45, 2.75) is 34.8 Å². The van der Waals surface area contributed by atoms with Gasteiger partial charge in [-0.3, -0.25) is 9.59 Å². The van der Waals surface area contributed by atoms with Crippen LogP contribution in [0.5, 0.6) is 0 Å². The normalized spacial score (nSPS) is 25.2. The molecule has 1 fully saturated rings. The molecule has 1 aliphatic carbocycles. The second-order valence-electron chi connectivity index (χ2n) is 5.38. The van der Waals surface area contributed by atoms with Crippen LogP contribution in [0.4, 0.5) is 0 Å². The molecule has 2 N–H and O–H groups in total. The molecule has 5 nitrogen and oxygen atoms in total. The van der Waals surface area contributed by atoms with E-state index < -0.39 is 22.6 Å². The smallest absolute Gasteiger partial charge is 0.321 e. The van der Waals surface area contributed by atoms with Gasteiger partial charge in [0.05, 0.1) is 16.1 Å². The molecule has 1 aromatic heterocycles. The van der Waals surface area contributed by atoms with Crippen molar-refractivity contribution in [1.82, 2.24) is 4.98 Å². The second-order valence-corrected chi connectivity index (χ2v) is 7.99. The first kappa shape index (κ1) is 15.3. The van der Waals surface area contributed by atoms with Gasteiger partial charge in [0.1, 0.15) is 4.75 Å². The van der Waals surface area contributed by atoms with Crippen molar-refractivity contribution < 1.29 is 19.8 Å². The topological polar surface area (TPSA) is 87.5 Å². The Kier molecular flexibility index (Phi) is 4.10. The van der Waals surface area contributed by atoms with E-state index in [1.807, 2.05) is 24.3 Å². The molecule has 1 aliphatic rings. The van der Waals surface area contributed by atoms with E-state index in [1.54, 1.807) is 0 Å². The summed E-state index contributed by atoms with van der Waals surface area (Å²) in [6.45, 7) is 0. The summed E-state index contributed by atoms with van der Waals surface area (Å²) in [6, 6.07) is 7.59. The highest BCUT2D eigenvalue weighted by Gasteiger charge is 2.52. The minimum absolute atomic E-state index is 0.361. The first-order valence-electron chi connectivity index (χ1n) is 7.04. The number of thioether (sulfide) groups is 1. The molecule has 0 aliphatic heterocycles. The van der Waals surface area contributed by atoms with Crippen molar-refractivity contribution in [2.24, 2.45) is 5.92 Å². The minimum atomic E-state index is -1.32. The third-order valence-corrected chi connectivity index (χ3v) is 6.68. The number of carboxylic acids is 2. The van der Waals surface area contributed by atoms with E-state index in [-0.39, 0.29) is 0 Å². The van der Waals surface area contributed by atoms with E-state index in [4.69, 9.17) is 0 Å². The number of hydrogen-bond acceptors (Lipinski definition) is 5. The summed E-state index contributed by atoms with van der Waals surface area (Å²) in [5.41, 5.74) is 0.818. The highest BCUT2D eigenvalue weighted by Crippen LogP contribution is 2.49. The zero-order valence-electron chi connectivity index (χ0n) is 11.7. The Balaban J connectivity index is 1.99. The Morgan fingerprint density at radius 2 is 2.05 bits per heavy atom. The summed E-state index contributed by atoms with van der Waals surface area (Å²) in [7, 11) is 0. The van der Waals surface area contributed by atoms with Crippen molar-refractivity contribution in [2.75, 3.05) is 0 Å². The third kappa shape index (κ3) is 2.59. The summed E-state index contributed by atoms with van der Waals surface area (Å²) >= 11 is 2.53. The Labute approximate surface area is 135 Å². The second kappa shape index (κ2) is 5.89. The fourth-order valence-electron chi connectivity index (χ4n) is 2.94. The number of aromatic nitrogens is 1. The van der Waals surface area contributed by atoms with E-state index >= 15 is 0 Å². The van der Waals surface area contributed by atoms with Gasteiger partial charge in [-0.15, -0.1) is 11.3 Å². The number of aliphatic carboxylic acids is 2. The monoisotopic (exact) mass is 337 g/mol. The molecule has 2 aromatic rings. The fourth-order valence-corrected chi connectivity index (χ4v) is 5.67. The first-order chi connectivity index (χ1) is 10.5. The molecule has 116 valence electrons. The Morgan fingerprint density at radius 1 is 1.27 bits per heavy atom. The molecule has 0 spiro atoms. The van der Waals surface area contributed by atoms with Gasteiger partial charge < -0.3 is 10.2 Å². The van der Waals surface area contributed by atoms with E-state index in [0.717, 1.165) is 34.8 Å². The number of carbonyl (C=O) groups is 2. The maximum atomic E-state index is 11.9. The van der Waals surface area contributed by atoms with Gasteiger partial charge in [-0.1, -0.05) is 36.7 Å². The molecule has 0 radical (unpaired) electrons. The van der Waals surface area contributed by atoms with Gasteiger partial charge in [-0.25, -0.2) is 4.98 Å². The Morgan fingerprint density at radius 3 is 2.73 bits per heavy atom. The van der Waals surface area contributed by atoms with Crippen LogP contribution >= 0.6 is 23.1 Å². The largest absolute Gasteiger partial charge is 0.481 e. The van der Waals surface area contributed by atoms with Crippen molar-refractivity contribution in [3.05, 3.63) is 24.3 Å². The molecule has 2 unspecified atom stereocenters. The molecule has 3 rings (SSSR count). The van der Waals surface area contributed by atoms with Gasteiger partial charge >= 0.3 is 11.9 Å². The molecule has 0 bridgehead atoms. The van der Waals surface area contributed by atoms with Gasteiger partial charge in [0.15, 0.2) is 4.34 Å². The predicted octanol–water partition coefficient (Wildman–Crippen LogP) is 3.49. The van der Waals surface area contributed by atoms with Gasteiger partial charge in [-0.2, -0.15) is 0 Å².